The summed E-state index contributed by atoms with van der Waals surface area (Å²) in [4.78, 5) is 38.4. The van der Waals surface area contributed by atoms with Crippen molar-refractivity contribution in [3.8, 4) is 5.75 Å². The number of carboxylic acid groups (broad SMARTS) is 1. The van der Waals surface area contributed by atoms with E-state index in [1.165, 1.54) is 12.1 Å². The van der Waals surface area contributed by atoms with Gasteiger partial charge >= 0.3 is 5.97 Å². The third-order valence-corrected chi connectivity index (χ3v) is 2.94. The van der Waals surface area contributed by atoms with Crippen molar-refractivity contribution >= 4 is 17.4 Å². The summed E-state index contributed by atoms with van der Waals surface area (Å²) in [5.74, 6) is 2.32. The number of hydrogen-bond donors (Lipinski definition) is 2. The number of carbonyl (C=O) groups is 2. The summed E-state index contributed by atoms with van der Waals surface area (Å²) < 4.78 is 0. The van der Waals surface area contributed by atoms with E-state index in [2.05, 4.69) is 4.84 Å². The van der Waals surface area contributed by atoms with Crippen molar-refractivity contribution in [3.05, 3.63) is 69.3 Å². The molecule has 0 bridgehead atoms. The second-order valence-electron chi connectivity index (χ2n) is 4.21. The molecule has 112 valence electrons. The van der Waals surface area contributed by atoms with Gasteiger partial charge in [-0.05, 0) is 6.07 Å². The van der Waals surface area contributed by atoms with Crippen LogP contribution in [-0.2, 0) is 0 Å². The van der Waals surface area contributed by atoms with Crippen LogP contribution >= 0.6 is 0 Å². The van der Waals surface area contributed by atoms with Crippen LogP contribution in [0.3, 0.4) is 0 Å². The van der Waals surface area contributed by atoms with Crippen molar-refractivity contribution in [2.75, 3.05) is 0 Å². The van der Waals surface area contributed by atoms with E-state index in [-0.39, 0.29) is 5.56 Å². The molecule has 0 aliphatic heterocycles. The molecular formula is C14H10N2O6. The average Bonchev–Trinajstić information content (AvgIpc) is 2.53. The van der Waals surface area contributed by atoms with E-state index in [1.54, 1.807) is 18.2 Å². The lowest BCUT2D eigenvalue weighted by molar-refractivity contribution is -0.385. The number of benzene rings is 2. The Kier molecular flexibility index (Phi) is 4.14. The second kappa shape index (κ2) is 6.02. The molecule has 0 aliphatic carbocycles. The van der Waals surface area contributed by atoms with Gasteiger partial charge in [0.15, 0.2) is 5.75 Å². The maximum atomic E-state index is 12.5. The molecule has 0 aromatic heterocycles. The van der Waals surface area contributed by atoms with Crippen LogP contribution in [0, 0.1) is 10.1 Å². The molecule has 2 rings (SSSR count). The van der Waals surface area contributed by atoms with Gasteiger partial charge in [0, 0.05) is 11.6 Å². The van der Waals surface area contributed by atoms with Crippen LogP contribution in [-0.4, -0.2) is 21.8 Å². The van der Waals surface area contributed by atoms with Gasteiger partial charge in [-0.3, -0.25) is 14.9 Å². The Bertz CT molecular complexity index is 757. The van der Waals surface area contributed by atoms with E-state index in [0.717, 1.165) is 12.1 Å². The molecule has 0 saturated heterocycles. The molecule has 8 nitrogen and oxygen atoms in total. The monoisotopic (exact) mass is 302 g/mol. The minimum absolute atomic E-state index is 0.145. The number of nitrogens with two attached hydrogens (primary N) is 1. The van der Waals surface area contributed by atoms with E-state index >= 15 is 0 Å². The zero-order valence-electron chi connectivity index (χ0n) is 11.1. The number of aromatic carboxylic acids is 1. The van der Waals surface area contributed by atoms with Crippen LogP contribution in [0.1, 0.15) is 26.3 Å². The Labute approximate surface area is 123 Å². The van der Waals surface area contributed by atoms with Crippen LogP contribution < -0.4 is 10.7 Å². The van der Waals surface area contributed by atoms with Gasteiger partial charge in [0.25, 0.3) is 5.69 Å². The Morgan fingerprint density at radius 1 is 1.14 bits per heavy atom. The first-order chi connectivity index (χ1) is 10.5. The Hall–Kier alpha value is -3.26. The highest BCUT2D eigenvalue weighted by Gasteiger charge is 2.30. The van der Waals surface area contributed by atoms with Crippen LogP contribution in [0.15, 0.2) is 42.5 Å². The number of hydrogen-bond acceptors (Lipinski definition) is 6. The highest BCUT2D eigenvalue weighted by atomic mass is 16.6. The quantitative estimate of drug-likeness (QED) is 0.488. The third-order valence-electron chi connectivity index (χ3n) is 2.94. The van der Waals surface area contributed by atoms with Gasteiger partial charge in [-0.2, -0.15) is 5.90 Å². The number of nitro benzene ring substituents is 1. The van der Waals surface area contributed by atoms with Crippen LogP contribution in [0.4, 0.5) is 5.69 Å². The summed E-state index contributed by atoms with van der Waals surface area (Å²) in [5.41, 5.74) is -1.38. The number of ketones is 1. The van der Waals surface area contributed by atoms with Crippen molar-refractivity contribution in [1.29, 1.82) is 0 Å². The second-order valence-corrected chi connectivity index (χ2v) is 4.21. The molecule has 3 N–H and O–H groups in total. The fourth-order valence-electron chi connectivity index (χ4n) is 1.97. The number of carbonyl (C=O) groups excluding carboxylic acids is 1. The number of carboxylic acids is 1. The van der Waals surface area contributed by atoms with Gasteiger partial charge in [-0.15, -0.1) is 0 Å². The van der Waals surface area contributed by atoms with Crippen molar-refractivity contribution in [2.24, 2.45) is 5.90 Å². The minimum atomic E-state index is -1.42. The fourth-order valence-corrected chi connectivity index (χ4v) is 1.97. The number of rotatable bonds is 5. The topological polar surface area (TPSA) is 133 Å². The molecule has 0 unspecified atom stereocenters. The summed E-state index contributed by atoms with van der Waals surface area (Å²) in [6.45, 7) is 0. The van der Waals surface area contributed by atoms with Crippen molar-refractivity contribution in [1.82, 2.24) is 0 Å². The summed E-state index contributed by atoms with van der Waals surface area (Å²) >= 11 is 0. The van der Waals surface area contributed by atoms with E-state index in [1.807, 2.05) is 0 Å². The number of nitro groups is 1. The molecule has 22 heavy (non-hydrogen) atoms. The van der Waals surface area contributed by atoms with E-state index in [9.17, 15) is 19.7 Å². The van der Waals surface area contributed by atoms with Crippen molar-refractivity contribution in [3.63, 3.8) is 0 Å². The molecular weight excluding hydrogens is 292 g/mol. The SMILES string of the molecule is NOc1c(C(=O)O)ccc([N+](=O)[O-])c1C(=O)c1ccccc1. The molecule has 0 spiro atoms. The first-order valence-electron chi connectivity index (χ1n) is 5.98. The summed E-state index contributed by atoms with van der Waals surface area (Å²) in [6.07, 6.45) is 0. The standard InChI is InChI=1S/C14H10N2O6/c15-22-13-9(14(18)19)6-7-10(16(20)21)11(13)12(17)8-4-2-1-3-5-8/h1-7H,15H2,(H,18,19). The third kappa shape index (κ3) is 2.63. The Morgan fingerprint density at radius 3 is 2.27 bits per heavy atom. The molecule has 0 aliphatic rings. The van der Waals surface area contributed by atoms with Gasteiger partial charge in [-0.1, -0.05) is 30.3 Å². The molecule has 0 heterocycles. The van der Waals surface area contributed by atoms with Gasteiger partial charge in [0.2, 0.25) is 5.78 Å². The van der Waals surface area contributed by atoms with Crippen LogP contribution in [0.2, 0.25) is 0 Å². The lowest BCUT2D eigenvalue weighted by atomic mass is 9.98. The van der Waals surface area contributed by atoms with E-state index < -0.39 is 39.2 Å². The Morgan fingerprint density at radius 2 is 1.77 bits per heavy atom. The van der Waals surface area contributed by atoms with Gasteiger partial charge < -0.3 is 9.94 Å². The van der Waals surface area contributed by atoms with Crippen LogP contribution in [0.5, 0.6) is 5.75 Å². The predicted octanol–water partition coefficient (Wildman–Crippen LogP) is 1.78. The van der Waals surface area contributed by atoms with Crippen LogP contribution in [0.25, 0.3) is 0 Å². The molecule has 0 atom stereocenters. The van der Waals surface area contributed by atoms with Gasteiger partial charge in [0.05, 0.1) is 4.92 Å². The molecule has 2 aromatic rings. The molecule has 8 heteroatoms. The summed E-state index contributed by atoms with van der Waals surface area (Å²) in [5, 5.41) is 20.2. The predicted molar refractivity (Wildman–Crippen MR) is 74.7 cm³/mol. The first kappa shape index (κ1) is 15.1. The lowest BCUT2D eigenvalue weighted by Gasteiger charge is -2.10. The summed E-state index contributed by atoms with van der Waals surface area (Å²) in [6, 6.07) is 9.59. The zero-order chi connectivity index (χ0) is 16.3. The Balaban J connectivity index is 2.76. The molecule has 0 amide bonds. The fraction of sp³-hybridized carbons (Fsp3) is 0. The number of nitrogens with zero attached hydrogens (tertiary/aromatic N) is 1. The zero-order valence-corrected chi connectivity index (χ0v) is 11.1. The maximum Gasteiger partial charge on any atom is 0.339 e. The van der Waals surface area contributed by atoms with Gasteiger partial charge in [-0.25, -0.2) is 4.79 Å². The average molecular weight is 302 g/mol. The maximum absolute atomic E-state index is 12.5. The molecule has 2 aromatic carbocycles. The van der Waals surface area contributed by atoms with Crippen molar-refractivity contribution in [2.45, 2.75) is 0 Å². The largest absolute Gasteiger partial charge is 0.478 e. The molecule has 0 fully saturated rings. The van der Waals surface area contributed by atoms with E-state index in [0.29, 0.717) is 0 Å². The van der Waals surface area contributed by atoms with Crippen molar-refractivity contribution < 1.29 is 24.5 Å². The van der Waals surface area contributed by atoms with E-state index in [4.69, 9.17) is 11.0 Å². The molecule has 0 radical (unpaired) electrons. The minimum Gasteiger partial charge on any atom is -0.478 e. The smallest absolute Gasteiger partial charge is 0.339 e. The highest BCUT2D eigenvalue weighted by Crippen LogP contribution is 2.33. The normalized spacial score (nSPS) is 10.0. The summed E-state index contributed by atoms with van der Waals surface area (Å²) in [7, 11) is 0. The highest BCUT2D eigenvalue weighted by molar-refractivity contribution is 6.15. The first-order valence-corrected chi connectivity index (χ1v) is 5.98. The lowest BCUT2D eigenvalue weighted by Crippen LogP contribution is -2.15. The molecule has 0 saturated carbocycles. The van der Waals surface area contributed by atoms with Gasteiger partial charge in [0.1, 0.15) is 11.1 Å².